The highest BCUT2D eigenvalue weighted by molar-refractivity contribution is 5.97. The van der Waals surface area contributed by atoms with Crippen molar-refractivity contribution in [1.29, 1.82) is 0 Å². The molecule has 1 aromatic carbocycles. The SMILES string of the molecule is COc1c(F)ccc(F)c1C(=O)N1CCOC(CC(=O)O)C1. The fourth-order valence-corrected chi connectivity index (χ4v) is 2.31. The number of carbonyl (C=O) groups is 2. The summed E-state index contributed by atoms with van der Waals surface area (Å²) in [7, 11) is 1.14. The lowest BCUT2D eigenvalue weighted by Crippen LogP contribution is -2.46. The number of benzene rings is 1. The second-order valence-electron chi connectivity index (χ2n) is 4.78. The van der Waals surface area contributed by atoms with Gasteiger partial charge in [0.25, 0.3) is 5.91 Å². The maximum Gasteiger partial charge on any atom is 0.306 e. The van der Waals surface area contributed by atoms with Crippen molar-refractivity contribution in [2.24, 2.45) is 0 Å². The van der Waals surface area contributed by atoms with E-state index in [0.29, 0.717) is 0 Å². The molecule has 1 unspecified atom stereocenters. The zero-order valence-electron chi connectivity index (χ0n) is 11.8. The second kappa shape index (κ2) is 6.69. The highest BCUT2D eigenvalue weighted by Crippen LogP contribution is 2.27. The second-order valence-corrected chi connectivity index (χ2v) is 4.78. The number of aliphatic carboxylic acids is 1. The number of carboxylic acids is 1. The predicted octanol–water partition coefficient (Wildman–Crippen LogP) is 1.29. The van der Waals surface area contributed by atoms with Gasteiger partial charge in [0.15, 0.2) is 11.6 Å². The number of carbonyl (C=O) groups excluding carboxylic acids is 1. The number of halogens is 2. The fourth-order valence-electron chi connectivity index (χ4n) is 2.31. The van der Waals surface area contributed by atoms with Crippen LogP contribution in [0.2, 0.25) is 0 Å². The number of amides is 1. The summed E-state index contributed by atoms with van der Waals surface area (Å²) in [6.07, 6.45) is -0.954. The summed E-state index contributed by atoms with van der Waals surface area (Å²) in [5.41, 5.74) is -0.501. The quantitative estimate of drug-likeness (QED) is 0.906. The van der Waals surface area contributed by atoms with Crippen LogP contribution in [0.1, 0.15) is 16.8 Å². The average Bonchev–Trinajstić information content (AvgIpc) is 2.48. The molecule has 2 rings (SSSR count). The van der Waals surface area contributed by atoms with Crippen LogP contribution in [0.5, 0.6) is 5.75 Å². The first kappa shape index (κ1) is 16.2. The number of nitrogens with zero attached hydrogens (tertiary/aromatic N) is 1. The number of morpholine rings is 1. The molecule has 1 saturated heterocycles. The number of hydrogen-bond acceptors (Lipinski definition) is 4. The molecule has 1 aliphatic rings. The molecule has 0 aliphatic carbocycles. The van der Waals surface area contributed by atoms with Gasteiger partial charge >= 0.3 is 5.97 Å². The van der Waals surface area contributed by atoms with E-state index in [4.69, 9.17) is 14.6 Å². The molecule has 0 aromatic heterocycles. The molecule has 1 amide bonds. The molecule has 1 aromatic rings. The monoisotopic (exact) mass is 315 g/mol. The lowest BCUT2D eigenvalue weighted by atomic mass is 10.1. The number of hydrogen-bond donors (Lipinski definition) is 1. The minimum absolute atomic E-state index is 0.00968. The largest absolute Gasteiger partial charge is 0.493 e. The number of methoxy groups -OCH3 is 1. The maximum atomic E-state index is 13.9. The summed E-state index contributed by atoms with van der Waals surface area (Å²) in [6.45, 7) is 0.279. The third kappa shape index (κ3) is 3.33. The van der Waals surface area contributed by atoms with Crippen molar-refractivity contribution >= 4 is 11.9 Å². The molecule has 22 heavy (non-hydrogen) atoms. The zero-order valence-corrected chi connectivity index (χ0v) is 11.8. The van der Waals surface area contributed by atoms with Gasteiger partial charge < -0.3 is 19.5 Å². The van der Waals surface area contributed by atoms with Gasteiger partial charge in [0.1, 0.15) is 11.4 Å². The van der Waals surface area contributed by atoms with Gasteiger partial charge in [-0.2, -0.15) is 0 Å². The van der Waals surface area contributed by atoms with Crippen molar-refractivity contribution < 1.29 is 33.0 Å². The normalized spacial score (nSPS) is 18.1. The summed E-state index contributed by atoms with van der Waals surface area (Å²) < 4.78 is 37.6. The topological polar surface area (TPSA) is 76.1 Å². The van der Waals surface area contributed by atoms with Gasteiger partial charge in [-0.25, -0.2) is 8.78 Å². The van der Waals surface area contributed by atoms with Crippen LogP contribution in [0.4, 0.5) is 8.78 Å². The van der Waals surface area contributed by atoms with E-state index < -0.39 is 40.9 Å². The zero-order chi connectivity index (χ0) is 16.3. The first-order chi connectivity index (χ1) is 10.4. The summed E-state index contributed by atoms with van der Waals surface area (Å²) >= 11 is 0. The molecule has 6 nitrogen and oxygen atoms in total. The molecule has 8 heteroatoms. The van der Waals surface area contributed by atoms with Gasteiger partial charge in [-0.05, 0) is 12.1 Å². The number of carboxylic acid groups (broad SMARTS) is 1. The van der Waals surface area contributed by atoms with Crippen LogP contribution < -0.4 is 4.74 Å². The van der Waals surface area contributed by atoms with E-state index in [1.54, 1.807) is 0 Å². The molecule has 0 bridgehead atoms. The van der Waals surface area contributed by atoms with E-state index in [1.165, 1.54) is 4.90 Å². The molecule has 120 valence electrons. The van der Waals surface area contributed by atoms with Crippen molar-refractivity contribution in [3.63, 3.8) is 0 Å². The third-order valence-corrected chi connectivity index (χ3v) is 3.31. The minimum atomic E-state index is -1.06. The van der Waals surface area contributed by atoms with Crippen molar-refractivity contribution in [3.8, 4) is 5.75 Å². The maximum absolute atomic E-state index is 13.9. The Hall–Kier alpha value is -2.22. The van der Waals surface area contributed by atoms with Gasteiger partial charge in [-0.3, -0.25) is 9.59 Å². The average molecular weight is 315 g/mol. The molecule has 0 saturated carbocycles. The van der Waals surface area contributed by atoms with E-state index in [-0.39, 0.29) is 26.1 Å². The van der Waals surface area contributed by atoms with E-state index in [1.807, 2.05) is 0 Å². The Morgan fingerprint density at radius 2 is 2.09 bits per heavy atom. The molecule has 1 heterocycles. The minimum Gasteiger partial charge on any atom is -0.493 e. The Bertz CT molecular complexity index is 593. The first-order valence-electron chi connectivity index (χ1n) is 6.58. The molecule has 1 aliphatic heterocycles. The number of ether oxygens (including phenoxy) is 2. The summed E-state index contributed by atoms with van der Waals surface area (Å²) in [4.78, 5) is 24.4. The van der Waals surface area contributed by atoms with Crippen LogP contribution in [-0.2, 0) is 9.53 Å². The smallest absolute Gasteiger partial charge is 0.306 e. The summed E-state index contributed by atoms with van der Waals surface area (Å²) in [5.74, 6) is -4.03. The summed E-state index contributed by atoms with van der Waals surface area (Å²) in [5, 5.41) is 8.76. The van der Waals surface area contributed by atoms with Crippen LogP contribution in [-0.4, -0.2) is 54.8 Å². The van der Waals surface area contributed by atoms with Crippen LogP contribution >= 0.6 is 0 Å². The third-order valence-electron chi connectivity index (χ3n) is 3.31. The summed E-state index contributed by atoms with van der Waals surface area (Å²) in [6, 6.07) is 1.72. The van der Waals surface area contributed by atoms with Crippen LogP contribution in [0.25, 0.3) is 0 Å². The van der Waals surface area contributed by atoms with Crippen LogP contribution in [0.15, 0.2) is 12.1 Å². The molecule has 1 atom stereocenters. The highest BCUT2D eigenvalue weighted by atomic mass is 19.1. The molecule has 0 spiro atoms. The lowest BCUT2D eigenvalue weighted by Gasteiger charge is -2.32. The Morgan fingerprint density at radius 3 is 2.73 bits per heavy atom. The van der Waals surface area contributed by atoms with Gasteiger partial charge in [0.05, 0.1) is 26.2 Å². The van der Waals surface area contributed by atoms with Crippen molar-refractivity contribution in [2.75, 3.05) is 26.8 Å². The Labute approximate surface area is 125 Å². The van der Waals surface area contributed by atoms with E-state index >= 15 is 0 Å². The van der Waals surface area contributed by atoms with E-state index in [9.17, 15) is 18.4 Å². The van der Waals surface area contributed by atoms with Crippen LogP contribution in [0.3, 0.4) is 0 Å². The van der Waals surface area contributed by atoms with E-state index in [0.717, 1.165) is 19.2 Å². The standard InChI is InChI=1S/C14H15F2NO5/c1-21-13-10(16)3-2-9(15)12(13)14(20)17-4-5-22-8(7-17)6-11(18)19/h2-3,8H,4-7H2,1H3,(H,18,19). The Kier molecular flexibility index (Phi) is 4.92. The van der Waals surface area contributed by atoms with Gasteiger partial charge in [0, 0.05) is 13.1 Å². The van der Waals surface area contributed by atoms with Gasteiger partial charge in [-0.1, -0.05) is 0 Å². The molecule has 0 radical (unpaired) electrons. The lowest BCUT2D eigenvalue weighted by molar-refractivity contribution is -0.141. The Balaban J connectivity index is 2.24. The van der Waals surface area contributed by atoms with Crippen molar-refractivity contribution in [3.05, 3.63) is 29.3 Å². The van der Waals surface area contributed by atoms with E-state index in [2.05, 4.69) is 0 Å². The fraction of sp³-hybridized carbons (Fsp3) is 0.429. The number of rotatable bonds is 4. The predicted molar refractivity (Wildman–Crippen MR) is 70.8 cm³/mol. The van der Waals surface area contributed by atoms with Crippen molar-refractivity contribution in [2.45, 2.75) is 12.5 Å². The molecular weight excluding hydrogens is 300 g/mol. The van der Waals surface area contributed by atoms with Gasteiger partial charge in [0.2, 0.25) is 0 Å². The van der Waals surface area contributed by atoms with Gasteiger partial charge in [-0.15, -0.1) is 0 Å². The highest BCUT2D eigenvalue weighted by Gasteiger charge is 2.30. The molecular formula is C14H15F2NO5. The van der Waals surface area contributed by atoms with Crippen LogP contribution in [0, 0.1) is 11.6 Å². The molecule has 1 N–H and O–H groups in total. The van der Waals surface area contributed by atoms with Crippen molar-refractivity contribution in [1.82, 2.24) is 4.90 Å². The molecule has 1 fully saturated rings. The first-order valence-corrected chi connectivity index (χ1v) is 6.58. The Morgan fingerprint density at radius 1 is 1.41 bits per heavy atom.